The predicted octanol–water partition coefficient (Wildman–Crippen LogP) is 4.86. The van der Waals surface area contributed by atoms with E-state index in [0.29, 0.717) is 12.2 Å². The molecule has 0 heterocycles. The van der Waals surface area contributed by atoms with E-state index in [1.165, 1.54) is 12.1 Å². The number of hydrogen-bond acceptors (Lipinski definition) is 4. The summed E-state index contributed by atoms with van der Waals surface area (Å²) in [6, 6.07) is 21.5. The largest absolute Gasteiger partial charge is 0.482 e. The Bertz CT molecular complexity index is 1070. The second kappa shape index (κ2) is 10.5. The van der Waals surface area contributed by atoms with Crippen molar-refractivity contribution < 1.29 is 32.2 Å². The summed E-state index contributed by atoms with van der Waals surface area (Å²) in [4.78, 5) is 23.9. The summed E-state index contributed by atoms with van der Waals surface area (Å²) < 4.78 is 49.3. The van der Waals surface area contributed by atoms with Crippen molar-refractivity contribution in [1.29, 1.82) is 0 Å². The maximum atomic E-state index is 13.0. The number of benzene rings is 3. The molecule has 0 radical (unpaired) electrons. The number of carbonyl (C=O) groups excluding carboxylic acids is 2. The minimum atomic E-state index is -4.62. The van der Waals surface area contributed by atoms with Gasteiger partial charge in [0.15, 0.2) is 13.2 Å². The Morgan fingerprint density at radius 2 is 1.47 bits per heavy atom. The van der Waals surface area contributed by atoms with Crippen LogP contribution in [0.3, 0.4) is 0 Å². The van der Waals surface area contributed by atoms with Crippen molar-refractivity contribution in [3.63, 3.8) is 0 Å². The highest BCUT2D eigenvalue weighted by Crippen LogP contribution is 2.34. The van der Waals surface area contributed by atoms with Gasteiger partial charge >= 0.3 is 12.1 Å². The number of halogens is 3. The molecule has 32 heavy (non-hydrogen) atoms. The minimum Gasteiger partial charge on any atom is -0.482 e. The van der Waals surface area contributed by atoms with Gasteiger partial charge < -0.3 is 14.8 Å². The summed E-state index contributed by atoms with van der Waals surface area (Å²) in [5, 5.41) is 2.11. The predicted molar refractivity (Wildman–Crippen MR) is 112 cm³/mol. The highest BCUT2D eigenvalue weighted by Gasteiger charge is 2.33. The van der Waals surface area contributed by atoms with Crippen LogP contribution in [0.25, 0.3) is 0 Å². The van der Waals surface area contributed by atoms with Crippen LogP contribution in [0.5, 0.6) is 5.75 Å². The standard InChI is InChI=1S/C24H20F3NO4/c25-24(26,27)19-11-5-6-12-20(19)28-22(29)15-32-23(30)16-31-21-13-7-4-10-18(21)14-17-8-2-1-3-9-17/h1-13H,14-16H2,(H,28,29). The van der Waals surface area contributed by atoms with E-state index in [1.807, 2.05) is 42.5 Å². The maximum absolute atomic E-state index is 13.0. The first kappa shape index (κ1) is 22.9. The number of esters is 1. The van der Waals surface area contributed by atoms with Gasteiger partial charge in [-0.25, -0.2) is 4.79 Å². The number of amides is 1. The fourth-order valence-corrected chi connectivity index (χ4v) is 2.96. The minimum absolute atomic E-state index is 0.410. The lowest BCUT2D eigenvalue weighted by atomic mass is 10.0. The van der Waals surface area contributed by atoms with Gasteiger partial charge in [0, 0.05) is 6.42 Å². The molecule has 0 fully saturated rings. The molecule has 0 aliphatic rings. The highest BCUT2D eigenvalue weighted by atomic mass is 19.4. The SMILES string of the molecule is O=C(COC(=O)COc1ccccc1Cc1ccccc1)Nc1ccccc1C(F)(F)F. The van der Waals surface area contributed by atoms with Crippen LogP contribution >= 0.6 is 0 Å². The van der Waals surface area contributed by atoms with E-state index in [4.69, 9.17) is 9.47 Å². The van der Waals surface area contributed by atoms with Crippen LogP contribution in [0.1, 0.15) is 16.7 Å². The van der Waals surface area contributed by atoms with Gasteiger partial charge in [-0.05, 0) is 29.3 Å². The highest BCUT2D eigenvalue weighted by molar-refractivity contribution is 5.93. The van der Waals surface area contributed by atoms with Crippen molar-refractivity contribution in [3.05, 3.63) is 95.6 Å². The van der Waals surface area contributed by atoms with E-state index < -0.39 is 42.5 Å². The average molecular weight is 443 g/mol. The molecule has 0 aliphatic heterocycles. The normalized spacial score (nSPS) is 11.0. The first-order valence-corrected chi connectivity index (χ1v) is 9.69. The zero-order chi connectivity index (χ0) is 23.0. The van der Waals surface area contributed by atoms with Crippen LogP contribution in [-0.4, -0.2) is 25.1 Å². The molecule has 1 N–H and O–H groups in total. The van der Waals surface area contributed by atoms with E-state index in [-0.39, 0.29) is 0 Å². The Morgan fingerprint density at radius 1 is 0.812 bits per heavy atom. The summed E-state index contributed by atoms with van der Waals surface area (Å²) in [7, 11) is 0. The number of alkyl halides is 3. The third kappa shape index (κ3) is 6.60. The molecule has 0 atom stereocenters. The molecule has 0 saturated carbocycles. The number of ether oxygens (including phenoxy) is 2. The average Bonchev–Trinajstić information content (AvgIpc) is 2.77. The molecule has 8 heteroatoms. The van der Waals surface area contributed by atoms with Crippen LogP contribution in [0.2, 0.25) is 0 Å². The van der Waals surface area contributed by atoms with Crippen LogP contribution in [-0.2, 0) is 26.9 Å². The Hall–Kier alpha value is -3.81. The van der Waals surface area contributed by atoms with E-state index in [1.54, 1.807) is 12.1 Å². The Labute approximate surface area is 182 Å². The molecule has 1 amide bonds. The first-order valence-electron chi connectivity index (χ1n) is 9.69. The van der Waals surface area contributed by atoms with Gasteiger partial charge in [0.2, 0.25) is 0 Å². The molecule has 0 saturated heterocycles. The lowest BCUT2D eigenvalue weighted by Crippen LogP contribution is -2.25. The zero-order valence-electron chi connectivity index (χ0n) is 16.9. The smallest absolute Gasteiger partial charge is 0.418 e. The summed E-state index contributed by atoms with van der Waals surface area (Å²) in [5.41, 5.74) is 0.542. The fraction of sp³-hybridized carbons (Fsp3) is 0.167. The molecular formula is C24H20F3NO4. The van der Waals surface area contributed by atoms with Gasteiger partial charge in [-0.2, -0.15) is 13.2 Å². The van der Waals surface area contributed by atoms with Crippen molar-refractivity contribution in [3.8, 4) is 5.75 Å². The van der Waals surface area contributed by atoms with Gasteiger partial charge in [0.1, 0.15) is 5.75 Å². The molecule has 3 aromatic rings. The van der Waals surface area contributed by atoms with E-state index >= 15 is 0 Å². The summed E-state index contributed by atoms with van der Waals surface area (Å²) in [6.07, 6.45) is -4.02. The Kier molecular flexibility index (Phi) is 7.49. The molecule has 0 unspecified atom stereocenters. The van der Waals surface area contributed by atoms with Gasteiger partial charge in [-0.3, -0.25) is 4.79 Å². The van der Waals surface area contributed by atoms with E-state index in [0.717, 1.165) is 23.3 Å². The number of hydrogen-bond donors (Lipinski definition) is 1. The Balaban J connectivity index is 1.51. The van der Waals surface area contributed by atoms with E-state index in [2.05, 4.69) is 5.32 Å². The first-order chi connectivity index (χ1) is 15.3. The van der Waals surface area contributed by atoms with Crippen molar-refractivity contribution in [2.24, 2.45) is 0 Å². The van der Waals surface area contributed by atoms with Crippen molar-refractivity contribution in [1.82, 2.24) is 0 Å². The van der Waals surface area contributed by atoms with Crippen LogP contribution in [0.15, 0.2) is 78.9 Å². The molecule has 0 aliphatic carbocycles. The number of para-hydroxylation sites is 2. The van der Waals surface area contributed by atoms with Crippen LogP contribution in [0.4, 0.5) is 18.9 Å². The molecule has 3 aromatic carbocycles. The van der Waals surface area contributed by atoms with Gasteiger partial charge in [-0.15, -0.1) is 0 Å². The zero-order valence-corrected chi connectivity index (χ0v) is 16.9. The van der Waals surface area contributed by atoms with Crippen LogP contribution < -0.4 is 10.1 Å². The molecule has 166 valence electrons. The Morgan fingerprint density at radius 3 is 2.22 bits per heavy atom. The molecule has 0 aromatic heterocycles. The van der Waals surface area contributed by atoms with Crippen LogP contribution in [0, 0.1) is 0 Å². The van der Waals surface area contributed by atoms with Gasteiger partial charge in [0.25, 0.3) is 5.91 Å². The summed E-state index contributed by atoms with van der Waals surface area (Å²) >= 11 is 0. The molecule has 5 nitrogen and oxygen atoms in total. The molecular weight excluding hydrogens is 423 g/mol. The second-order valence-corrected chi connectivity index (χ2v) is 6.81. The maximum Gasteiger partial charge on any atom is 0.418 e. The number of nitrogens with one attached hydrogen (secondary N) is 1. The van der Waals surface area contributed by atoms with Crippen molar-refractivity contribution in [2.45, 2.75) is 12.6 Å². The summed E-state index contributed by atoms with van der Waals surface area (Å²) in [5.74, 6) is -1.21. The van der Waals surface area contributed by atoms with Crippen molar-refractivity contribution >= 4 is 17.6 Å². The lowest BCUT2D eigenvalue weighted by Gasteiger charge is -2.14. The lowest BCUT2D eigenvalue weighted by molar-refractivity contribution is -0.149. The quantitative estimate of drug-likeness (QED) is 0.505. The summed E-state index contributed by atoms with van der Waals surface area (Å²) in [6.45, 7) is -1.18. The van der Waals surface area contributed by atoms with Gasteiger partial charge in [0.05, 0.1) is 11.3 Å². The molecule has 0 bridgehead atoms. The third-order valence-electron chi connectivity index (χ3n) is 4.43. The molecule has 0 spiro atoms. The third-order valence-corrected chi connectivity index (χ3v) is 4.43. The number of rotatable bonds is 8. The fourth-order valence-electron chi connectivity index (χ4n) is 2.96. The van der Waals surface area contributed by atoms with Crippen molar-refractivity contribution in [2.75, 3.05) is 18.5 Å². The number of carbonyl (C=O) groups is 2. The number of anilines is 1. The topological polar surface area (TPSA) is 64.6 Å². The van der Waals surface area contributed by atoms with Gasteiger partial charge in [-0.1, -0.05) is 60.7 Å². The monoisotopic (exact) mass is 443 g/mol. The van der Waals surface area contributed by atoms with E-state index in [9.17, 15) is 22.8 Å². The second-order valence-electron chi connectivity index (χ2n) is 6.81. The molecule has 3 rings (SSSR count).